The van der Waals surface area contributed by atoms with Crippen LogP contribution in [0.4, 0.5) is 11.4 Å². The van der Waals surface area contributed by atoms with Crippen molar-refractivity contribution in [2.24, 2.45) is 0 Å². The molecule has 0 saturated heterocycles. The lowest BCUT2D eigenvalue weighted by molar-refractivity contribution is -0.120. The van der Waals surface area contributed by atoms with Crippen molar-refractivity contribution < 1.29 is 14.4 Å². The number of benzene rings is 2. The van der Waals surface area contributed by atoms with Gasteiger partial charge in [0.2, 0.25) is 5.91 Å². The average molecular weight is 512 g/mol. The van der Waals surface area contributed by atoms with Crippen molar-refractivity contribution in [3.8, 4) is 0 Å². The van der Waals surface area contributed by atoms with Gasteiger partial charge in [-0.2, -0.15) is 0 Å². The van der Waals surface area contributed by atoms with Gasteiger partial charge in [-0.3, -0.25) is 24.4 Å². The number of hydrogen-bond acceptors (Lipinski definition) is 5. The molecule has 8 nitrogen and oxygen atoms in total. The Kier molecular flexibility index (Phi) is 6.91. The van der Waals surface area contributed by atoms with Gasteiger partial charge in [0.15, 0.2) is 0 Å². The zero-order valence-corrected chi connectivity index (χ0v) is 20.4. The molecule has 184 valence electrons. The van der Waals surface area contributed by atoms with Crippen LogP contribution in [0.1, 0.15) is 32.1 Å². The Morgan fingerprint density at radius 1 is 0.946 bits per heavy atom. The van der Waals surface area contributed by atoms with Gasteiger partial charge in [-0.25, -0.2) is 0 Å². The van der Waals surface area contributed by atoms with Crippen molar-refractivity contribution in [2.45, 2.75) is 19.0 Å². The molecular weight excluding hydrogens is 490 g/mol. The molecule has 4 aromatic rings. The number of nitrogens with zero attached hydrogens (tertiary/aromatic N) is 3. The Morgan fingerprint density at radius 3 is 2.51 bits per heavy atom. The summed E-state index contributed by atoms with van der Waals surface area (Å²) in [6.07, 6.45) is 3.43. The minimum absolute atomic E-state index is 0.138. The predicted octanol–water partition coefficient (Wildman–Crippen LogP) is 4.59. The second-order valence-corrected chi connectivity index (χ2v) is 8.96. The fourth-order valence-corrected chi connectivity index (χ4v) is 4.37. The van der Waals surface area contributed by atoms with Crippen molar-refractivity contribution in [2.75, 3.05) is 10.6 Å². The van der Waals surface area contributed by atoms with Gasteiger partial charge in [0.25, 0.3) is 11.8 Å². The maximum absolute atomic E-state index is 13.7. The van der Waals surface area contributed by atoms with Crippen LogP contribution in [-0.4, -0.2) is 38.6 Å². The van der Waals surface area contributed by atoms with Gasteiger partial charge in [0.1, 0.15) is 11.7 Å². The zero-order valence-electron chi connectivity index (χ0n) is 19.6. The van der Waals surface area contributed by atoms with Gasteiger partial charge in [-0.05, 0) is 60.2 Å². The fourth-order valence-electron chi connectivity index (χ4n) is 4.20. The lowest BCUT2D eigenvalue weighted by atomic mass is 10.1. The summed E-state index contributed by atoms with van der Waals surface area (Å²) in [4.78, 5) is 49.6. The molecular formula is C28H22ClN5O3. The number of halogens is 1. The molecule has 37 heavy (non-hydrogen) atoms. The van der Waals surface area contributed by atoms with Crippen LogP contribution in [0.3, 0.4) is 0 Å². The molecule has 0 spiro atoms. The number of carbonyl (C=O) groups is 3. The van der Waals surface area contributed by atoms with E-state index in [2.05, 4.69) is 20.6 Å². The number of carbonyl (C=O) groups excluding carboxylic acids is 3. The molecule has 3 heterocycles. The summed E-state index contributed by atoms with van der Waals surface area (Å²) in [6.45, 7) is 0.138. The Labute approximate surface area is 218 Å². The number of anilines is 2. The van der Waals surface area contributed by atoms with Crippen LogP contribution in [0, 0.1) is 0 Å². The second kappa shape index (κ2) is 10.6. The summed E-state index contributed by atoms with van der Waals surface area (Å²) in [5.41, 5.74) is 2.98. The molecule has 0 radical (unpaired) electrons. The lowest BCUT2D eigenvalue weighted by Crippen LogP contribution is -2.46. The minimum atomic E-state index is -0.819. The molecule has 2 aromatic heterocycles. The van der Waals surface area contributed by atoms with Crippen LogP contribution in [0.25, 0.3) is 0 Å². The zero-order chi connectivity index (χ0) is 25.8. The third-order valence-electron chi connectivity index (χ3n) is 5.97. The quantitative estimate of drug-likeness (QED) is 0.394. The second-order valence-electron chi connectivity index (χ2n) is 8.52. The largest absolute Gasteiger partial charge is 0.323 e. The van der Waals surface area contributed by atoms with E-state index in [1.807, 2.05) is 18.2 Å². The predicted molar refractivity (Wildman–Crippen MR) is 140 cm³/mol. The molecule has 0 unspecified atom stereocenters. The normalized spacial score (nSPS) is 14.9. The van der Waals surface area contributed by atoms with Crippen molar-refractivity contribution in [1.29, 1.82) is 0 Å². The molecule has 0 aliphatic carbocycles. The lowest BCUT2D eigenvalue weighted by Gasteiger charge is -2.29. The van der Waals surface area contributed by atoms with E-state index >= 15 is 0 Å². The molecule has 9 heteroatoms. The van der Waals surface area contributed by atoms with E-state index in [0.29, 0.717) is 27.7 Å². The Bertz CT molecular complexity index is 1460. The first kappa shape index (κ1) is 24.1. The maximum atomic E-state index is 13.7. The number of amides is 3. The molecule has 1 aliphatic heterocycles. The third-order valence-corrected chi connectivity index (χ3v) is 6.21. The van der Waals surface area contributed by atoms with Gasteiger partial charge in [-0.1, -0.05) is 35.9 Å². The summed E-state index contributed by atoms with van der Waals surface area (Å²) in [5, 5.41) is 6.10. The molecule has 5 rings (SSSR count). The number of hydrogen-bond donors (Lipinski definition) is 2. The van der Waals surface area contributed by atoms with Crippen molar-refractivity contribution >= 4 is 40.7 Å². The fraction of sp³-hybridized carbons (Fsp3) is 0.107. The molecule has 0 bridgehead atoms. The molecule has 2 aromatic carbocycles. The third kappa shape index (κ3) is 5.49. The van der Waals surface area contributed by atoms with E-state index in [0.717, 1.165) is 5.56 Å². The summed E-state index contributed by atoms with van der Waals surface area (Å²) >= 11 is 6.14. The van der Waals surface area contributed by atoms with Crippen LogP contribution in [-0.2, 0) is 17.8 Å². The van der Waals surface area contributed by atoms with E-state index in [4.69, 9.17) is 11.6 Å². The summed E-state index contributed by atoms with van der Waals surface area (Å²) in [7, 11) is 0. The molecule has 2 N–H and O–H groups in total. The average Bonchev–Trinajstić information content (AvgIpc) is 3.00. The highest BCUT2D eigenvalue weighted by Gasteiger charge is 2.36. The number of fused-ring (bicyclic) bond motifs is 1. The van der Waals surface area contributed by atoms with E-state index in [-0.39, 0.29) is 36.4 Å². The molecule has 1 atom stereocenters. The Morgan fingerprint density at radius 2 is 1.76 bits per heavy atom. The topological polar surface area (TPSA) is 104 Å². The van der Waals surface area contributed by atoms with Gasteiger partial charge >= 0.3 is 0 Å². The highest BCUT2D eigenvalue weighted by atomic mass is 35.5. The summed E-state index contributed by atoms with van der Waals surface area (Å²) < 4.78 is 0. The van der Waals surface area contributed by atoms with E-state index in [1.54, 1.807) is 73.1 Å². The van der Waals surface area contributed by atoms with Gasteiger partial charge < -0.3 is 15.5 Å². The first-order valence-corrected chi connectivity index (χ1v) is 12.0. The highest BCUT2D eigenvalue weighted by Crippen LogP contribution is 2.29. The van der Waals surface area contributed by atoms with E-state index < -0.39 is 6.04 Å². The smallest absolute Gasteiger partial charge is 0.274 e. The number of aromatic nitrogens is 2. The van der Waals surface area contributed by atoms with Crippen LogP contribution < -0.4 is 10.6 Å². The van der Waals surface area contributed by atoms with Crippen LogP contribution in [0.5, 0.6) is 0 Å². The molecule has 0 fully saturated rings. The molecule has 3 amide bonds. The van der Waals surface area contributed by atoms with Crippen molar-refractivity contribution in [3.63, 3.8) is 0 Å². The number of nitrogens with one attached hydrogen (secondary N) is 2. The monoisotopic (exact) mass is 511 g/mol. The van der Waals surface area contributed by atoms with Gasteiger partial charge in [0.05, 0.1) is 11.3 Å². The molecule has 1 aliphatic rings. The van der Waals surface area contributed by atoms with Crippen molar-refractivity contribution in [1.82, 2.24) is 14.9 Å². The van der Waals surface area contributed by atoms with E-state index in [1.165, 1.54) is 4.90 Å². The molecule has 0 saturated carbocycles. The Hall–Kier alpha value is -4.56. The Balaban J connectivity index is 1.46. The van der Waals surface area contributed by atoms with Gasteiger partial charge in [0, 0.05) is 41.8 Å². The van der Waals surface area contributed by atoms with Crippen molar-refractivity contribution in [3.05, 3.63) is 119 Å². The number of rotatable bonds is 6. The van der Waals surface area contributed by atoms with E-state index in [9.17, 15) is 14.4 Å². The highest BCUT2D eigenvalue weighted by molar-refractivity contribution is 6.31. The van der Waals surface area contributed by atoms with Crippen LogP contribution in [0.15, 0.2) is 91.3 Å². The maximum Gasteiger partial charge on any atom is 0.274 e. The minimum Gasteiger partial charge on any atom is -0.323 e. The summed E-state index contributed by atoms with van der Waals surface area (Å²) in [6, 6.07) is 21.7. The number of pyridine rings is 2. The van der Waals surface area contributed by atoms with Crippen LogP contribution in [0.2, 0.25) is 5.02 Å². The summed E-state index contributed by atoms with van der Waals surface area (Å²) in [5.74, 6) is -0.990. The first-order valence-electron chi connectivity index (χ1n) is 11.6. The van der Waals surface area contributed by atoms with Gasteiger partial charge in [-0.15, -0.1) is 0 Å². The standard InChI is InChI=1S/C28H22ClN5O3/c29-19-10-11-22-24(15-19)33-27(36)25(16-20-7-1-3-12-30-20)34(28(22)37)17-18-6-5-8-21(14-18)32-26(35)23-9-2-4-13-31-23/h1-15,25H,16-17H2,(H,32,35)(H,33,36)/t25-/m1/s1. The first-order chi connectivity index (χ1) is 18.0. The van der Waals surface area contributed by atoms with Crippen LogP contribution >= 0.6 is 11.6 Å². The SMILES string of the molecule is O=C(Nc1cccc(CN2C(=O)c3ccc(Cl)cc3NC(=O)[C@H]2Cc2ccccn2)c1)c1ccccn1.